The molecule has 2 aromatic heterocycles. The molecule has 0 aliphatic rings. The van der Waals surface area contributed by atoms with Gasteiger partial charge in [-0.1, -0.05) is 11.6 Å². The number of carboxylic acid groups (broad SMARTS) is 1. The molecule has 0 radical (unpaired) electrons. The van der Waals surface area contributed by atoms with E-state index in [4.69, 9.17) is 21.4 Å². The van der Waals surface area contributed by atoms with E-state index in [0.29, 0.717) is 5.39 Å². The second-order valence-electron chi connectivity index (χ2n) is 5.70. The number of halogens is 2. The Balaban J connectivity index is 2.35. The second kappa shape index (κ2) is 6.82. The van der Waals surface area contributed by atoms with Gasteiger partial charge in [0.05, 0.1) is 18.6 Å². The lowest BCUT2D eigenvalue weighted by molar-refractivity contribution is -0.136. The molecular weight excluding hydrogens is 399 g/mol. The van der Waals surface area contributed by atoms with Crippen molar-refractivity contribution in [3.63, 3.8) is 0 Å². The number of aromatic nitrogens is 2. The van der Waals surface area contributed by atoms with E-state index in [1.807, 2.05) is 0 Å². The quantitative estimate of drug-likeness (QED) is 0.691. The van der Waals surface area contributed by atoms with Crippen LogP contribution >= 0.6 is 11.6 Å². The number of aliphatic carboxylic acids is 1. The summed E-state index contributed by atoms with van der Waals surface area (Å²) in [4.78, 5) is 14.6. The number of carboxylic acids is 1. The molecule has 0 aliphatic carbocycles. The van der Waals surface area contributed by atoms with Crippen molar-refractivity contribution in [2.75, 3.05) is 7.11 Å². The molecular formula is C17H14ClFN2O5S. The number of pyridine rings is 1. The van der Waals surface area contributed by atoms with E-state index < -0.39 is 33.1 Å². The van der Waals surface area contributed by atoms with Crippen molar-refractivity contribution in [3.8, 4) is 5.75 Å². The Bertz CT molecular complexity index is 1170. The SMILES string of the molecule is COc1cc(S(=O)(=O)n2c(C)c(CC(=O)O)c3cccnc32)c(F)cc1Cl. The van der Waals surface area contributed by atoms with Crippen LogP contribution < -0.4 is 4.74 Å². The van der Waals surface area contributed by atoms with Gasteiger partial charge in [-0.05, 0) is 30.7 Å². The minimum atomic E-state index is -4.44. The third-order valence-electron chi connectivity index (χ3n) is 4.10. The molecule has 27 heavy (non-hydrogen) atoms. The van der Waals surface area contributed by atoms with E-state index in [2.05, 4.69) is 4.98 Å². The summed E-state index contributed by atoms with van der Waals surface area (Å²) in [7, 11) is -3.17. The predicted molar refractivity (Wildman–Crippen MR) is 96.4 cm³/mol. The van der Waals surface area contributed by atoms with Crippen LogP contribution in [0, 0.1) is 12.7 Å². The van der Waals surface area contributed by atoms with Gasteiger partial charge in [0.1, 0.15) is 16.5 Å². The van der Waals surface area contributed by atoms with Gasteiger partial charge in [-0.25, -0.2) is 21.8 Å². The Morgan fingerprint density at radius 1 is 1.41 bits per heavy atom. The number of fused-ring (bicyclic) bond motifs is 1. The first kappa shape index (κ1) is 19.1. The standard InChI is InChI=1S/C17H14ClFN2O5S/c1-9-11(6-16(22)23)10-4-3-5-20-17(10)21(9)27(24,25)15-8-14(26-2)12(18)7-13(15)19/h3-5,7-8H,6H2,1-2H3,(H,22,23). The van der Waals surface area contributed by atoms with Gasteiger partial charge in [0, 0.05) is 23.3 Å². The van der Waals surface area contributed by atoms with E-state index in [0.717, 1.165) is 16.1 Å². The maximum atomic E-state index is 14.4. The number of hydrogen-bond donors (Lipinski definition) is 1. The van der Waals surface area contributed by atoms with Crippen molar-refractivity contribution in [2.24, 2.45) is 0 Å². The Hall–Kier alpha value is -2.65. The molecule has 0 saturated heterocycles. The molecule has 0 fully saturated rings. The predicted octanol–water partition coefficient (Wildman–Crippen LogP) is 3.01. The number of benzene rings is 1. The average molecular weight is 413 g/mol. The lowest BCUT2D eigenvalue weighted by Crippen LogP contribution is -2.17. The Labute approximate surface area is 159 Å². The smallest absolute Gasteiger partial charge is 0.307 e. The number of carbonyl (C=O) groups is 1. The lowest BCUT2D eigenvalue weighted by Gasteiger charge is -2.12. The monoisotopic (exact) mass is 412 g/mol. The maximum absolute atomic E-state index is 14.4. The molecule has 0 spiro atoms. The van der Waals surface area contributed by atoms with Crippen LogP contribution in [-0.4, -0.2) is 35.6 Å². The first-order chi connectivity index (χ1) is 12.7. The molecule has 0 amide bonds. The second-order valence-corrected chi connectivity index (χ2v) is 7.86. The summed E-state index contributed by atoms with van der Waals surface area (Å²) in [6.07, 6.45) is 0.972. The molecule has 0 aliphatic heterocycles. The van der Waals surface area contributed by atoms with Crippen molar-refractivity contribution in [3.05, 3.63) is 52.6 Å². The van der Waals surface area contributed by atoms with Gasteiger partial charge in [0.25, 0.3) is 10.0 Å². The summed E-state index contributed by atoms with van der Waals surface area (Å²) in [6.45, 7) is 1.45. The van der Waals surface area contributed by atoms with Crippen LogP contribution in [0.1, 0.15) is 11.3 Å². The molecule has 142 valence electrons. The fourth-order valence-corrected chi connectivity index (χ4v) is 4.73. The van der Waals surface area contributed by atoms with Crippen LogP contribution in [0.25, 0.3) is 11.0 Å². The van der Waals surface area contributed by atoms with E-state index >= 15 is 0 Å². The van der Waals surface area contributed by atoms with E-state index in [1.165, 1.54) is 20.2 Å². The zero-order valence-electron chi connectivity index (χ0n) is 14.2. The molecule has 10 heteroatoms. The van der Waals surface area contributed by atoms with Gasteiger partial charge < -0.3 is 9.84 Å². The minimum absolute atomic E-state index is 0.00975. The normalized spacial score (nSPS) is 11.7. The van der Waals surface area contributed by atoms with Crippen LogP contribution in [0.5, 0.6) is 5.75 Å². The fourth-order valence-electron chi connectivity index (χ4n) is 2.90. The number of rotatable bonds is 5. The highest BCUT2D eigenvalue weighted by Crippen LogP contribution is 2.34. The highest BCUT2D eigenvalue weighted by Gasteiger charge is 2.29. The summed E-state index contributed by atoms with van der Waals surface area (Å²) in [5, 5.41) is 9.44. The summed E-state index contributed by atoms with van der Waals surface area (Å²) in [5.41, 5.74) is 0.439. The third kappa shape index (κ3) is 3.13. The van der Waals surface area contributed by atoms with E-state index in [1.54, 1.807) is 12.1 Å². The average Bonchev–Trinajstić information content (AvgIpc) is 2.87. The molecule has 7 nitrogen and oxygen atoms in total. The van der Waals surface area contributed by atoms with Gasteiger partial charge in [-0.2, -0.15) is 0 Å². The van der Waals surface area contributed by atoms with Crippen molar-refractivity contribution < 1.29 is 27.4 Å². The van der Waals surface area contributed by atoms with Crippen molar-refractivity contribution >= 4 is 38.6 Å². The van der Waals surface area contributed by atoms with Gasteiger partial charge in [0.2, 0.25) is 0 Å². The van der Waals surface area contributed by atoms with E-state index in [9.17, 15) is 17.6 Å². The third-order valence-corrected chi connectivity index (χ3v) is 6.19. The number of hydrogen-bond acceptors (Lipinski definition) is 5. The molecule has 0 bridgehead atoms. The summed E-state index contributed by atoms with van der Waals surface area (Å²) in [6, 6.07) is 4.96. The van der Waals surface area contributed by atoms with Gasteiger partial charge in [0.15, 0.2) is 5.65 Å². The first-order valence-corrected chi connectivity index (χ1v) is 9.45. The van der Waals surface area contributed by atoms with Gasteiger partial charge in [-0.3, -0.25) is 4.79 Å². The Kier molecular flexibility index (Phi) is 4.83. The van der Waals surface area contributed by atoms with Gasteiger partial charge in [-0.15, -0.1) is 0 Å². The molecule has 3 rings (SSSR count). The van der Waals surface area contributed by atoms with Crippen molar-refractivity contribution in [1.82, 2.24) is 8.96 Å². The maximum Gasteiger partial charge on any atom is 0.307 e. The highest BCUT2D eigenvalue weighted by molar-refractivity contribution is 7.90. The summed E-state index contributed by atoms with van der Waals surface area (Å²) in [5.74, 6) is -2.19. The molecule has 0 saturated carbocycles. The van der Waals surface area contributed by atoms with Crippen LogP contribution in [0.3, 0.4) is 0 Å². The van der Waals surface area contributed by atoms with Crippen LogP contribution in [0.2, 0.25) is 5.02 Å². The number of methoxy groups -OCH3 is 1. The molecule has 1 N–H and O–H groups in total. The van der Waals surface area contributed by atoms with Crippen LogP contribution in [0.15, 0.2) is 35.4 Å². The van der Waals surface area contributed by atoms with Gasteiger partial charge >= 0.3 is 5.97 Å². The fraction of sp³-hybridized carbons (Fsp3) is 0.176. The lowest BCUT2D eigenvalue weighted by atomic mass is 10.1. The topological polar surface area (TPSA) is 98.5 Å². The summed E-state index contributed by atoms with van der Waals surface area (Å²) >= 11 is 5.84. The molecule has 1 aromatic carbocycles. The summed E-state index contributed by atoms with van der Waals surface area (Å²) < 4.78 is 46.7. The Morgan fingerprint density at radius 3 is 2.74 bits per heavy atom. The van der Waals surface area contributed by atoms with Crippen LogP contribution in [0.4, 0.5) is 4.39 Å². The number of ether oxygens (including phenoxy) is 1. The van der Waals surface area contributed by atoms with Crippen LogP contribution in [-0.2, 0) is 21.2 Å². The molecule has 0 unspecified atom stereocenters. The number of nitrogens with zero attached hydrogens (tertiary/aromatic N) is 2. The first-order valence-electron chi connectivity index (χ1n) is 7.63. The largest absolute Gasteiger partial charge is 0.495 e. The van der Waals surface area contributed by atoms with E-state index in [-0.39, 0.29) is 27.7 Å². The van der Waals surface area contributed by atoms with Crippen molar-refractivity contribution in [2.45, 2.75) is 18.2 Å². The zero-order valence-corrected chi connectivity index (χ0v) is 15.8. The van der Waals surface area contributed by atoms with Crippen molar-refractivity contribution in [1.29, 1.82) is 0 Å². The zero-order chi connectivity index (χ0) is 19.9. The molecule has 2 heterocycles. The molecule has 0 atom stereocenters. The molecule has 3 aromatic rings. The minimum Gasteiger partial charge on any atom is -0.495 e. The Morgan fingerprint density at radius 2 is 2.11 bits per heavy atom. The highest BCUT2D eigenvalue weighted by atomic mass is 35.5.